The SMILES string of the molecule is CCN(CC)C(N)=NCc1ccc(Br)cc1.I. The second-order valence-corrected chi connectivity index (χ2v) is 4.39. The van der Waals surface area contributed by atoms with E-state index in [1.807, 2.05) is 29.2 Å². The number of halogens is 2. The highest BCUT2D eigenvalue weighted by molar-refractivity contribution is 14.0. The van der Waals surface area contributed by atoms with Gasteiger partial charge in [0.05, 0.1) is 6.54 Å². The van der Waals surface area contributed by atoms with Crippen molar-refractivity contribution >= 4 is 45.9 Å². The van der Waals surface area contributed by atoms with Crippen LogP contribution in [-0.2, 0) is 6.54 Å². The molecule has 17 heavy (non-hydrogen) atoms. The second kappa shape index (κ2) is 8.74. The highest BCUT2D eigenvalue weighted by Gasteiger charge is 2.01. The van der Waals surface area contributed by atoms with Crippen molar-refractivity contribution in [2.24, 2.45) is 10.7 Å². The zero-order valence-electron chi connectivity index (χ0n) is 10.2. The molecule has 1 rings (SSSR count). The van der Waals surface area contributed by atoms with Crippen LogP contribution >= 0.6 is 39.9 Å². The molecule has 0 heterocycles. The van der Waals surface area contributed by atoms with E-state index in [9.17, 15) is 0 Å². The predicted molar refractivity (Wildman–Crippen MR) is 87.8 cm³/mol. The molecule has 0 aliphatic carbocycles. The molecule has 5 heteroatoms. The highest BCUT2D eigenvalue weighted by atomic mass is 127. The van der Waals surface area contributed by atoms with Gasteiger partial charge in [-0.2, -0.15) is 0 Å². The summed E-state index contributed by atoms with van der Waals surface area (Å²) in [6.07, 6.45) is 0. The summed E-state index contributed by atoms with van der Waals surface area (Å²) < 4.78 is 1.08. The van der Waals surface area contributed by atoms with E-state index >= 15 is 0 Å². The Labute approximate surface area is 129 Å². The molecule has 1 aromatic rings. The Morgan fingerprint density at radius 1 is 1.24 bits per heavy atom. The summed E-state index contributed by atoms with van der Waals surface area (Å²) >= 11 is 3.40. The van der Waals surface area contributed by atoms with Crippen molar-refractivity contribution in [3.63, 3.8) is 0 Å². The molecule has 3 nitrogen and oxygen atoms in total. The number of nitrogens with two attached hydrogens (primary N) is 1. The van der Waals surface area contributed by atoms with Crippen molar-refractivity contribution in [2.75, 3.05) is 13.1 Å². The molecule has 0 amide bonds. The van der Waals surface area contributed by atoms with Crippen molar-refractivity contribution in [1.82, 2.24) is 4.90 Å². The normalized spacial score (nSPS) is 10.9. The van der Waals surface area contributed by atoms with Crippen LogP contribution in [-0.4, -0.2) is 23.9 Å². The van der Waals surface area contributed by atoms with E-state index in [1.54, 1.807) is 0 Å². The summed E-state index contributed by atoms with van der Waals surface area (Å²) in [6.45, 7) is 6.57. The summed E-state index contributed by atoms with van der Waals surface area (Å²) in [5.74, 6) is 0.618. The number of hydrogen-bond donors (Lipinski definition) is 1. The minimum absolute atomic E-state index is 0. The summed E-state index contributed by atoms with van der Waals surface area (Å²) in [7, 11) is 0. The Balaban J connectivity index is 0.00000256. The fourth-order valence-electron chi connectivity index (χ4n) is 1.41. The van der Waals surface area contributed by atoms with E-state index in [0.29, 0.717) is 12.5 Å². The largest absolute Gasteiger partial charge is 0.370 e. The maximum atomic E-state index is 5.88. The van der Waals surface area contributed by atoms with Crippen LogP contribution in [0.1, 0.15) is 19.4 Å². The van der Waals surface area contributed by atoms with Crippen molar-refractivity contribution in [1.29, 1.82) is 0 Å². The molecule has 1 aromatic carbocycles. The Kier molecular flexibility index (Phi) is 8.59. The van der Waals surface area contributed by atoms with E-state index in [2.05, 4.69) is 34.8 Å². The number of aliphatic imine (C=N–C) groups is 1. The first-order valence-electron chi connectivity index (χ1n) is 5.46. The van der Waals surface area contributed by atoms with Gasteiger partial charge in [0.15, 0.2) is 5.96 Å². The Bertz CT molecular complexity index is 347. The van der Waals surface area contributed by atoms with Crippen molar-refractivity contribution in [3.05, 3.63) is 34.3 Å². The summed E-state index contributed by atoms with van der Waals surface area (Å²) in [4.78, 5) is 6.41. The maximum Gasteiger partial charge on any atom is 0.191 e. The average Bonchev–Trinajstić information content (AvgIpc) is 2.30. The standard InChI is InChI=1S/C12H18BrN3.HI/c1-3-16(4-2)12(14)15-9-10-5-7-11(13)8-6-10;/h5-8H,3-4,9H2,1-2H3,(H2,14,15);1H. The third kappa shape index (κ3) is 5.72. The van der Waals surface area contributed by atoms with Gasteiger partial charge < -0.3 is 10.6 Å². The lowest BCUT2D eigenvalue weighted by Crippen LogP contribution is -2.37. The molecule has 0 radical (unpaired) electrons. The van der Waals surface area contributed by atoms with Gasteiger partial charge in [0.2, 0.25) is 0 Å². The molecule has 0 saturated heterocycles. The Morgan fingerprint density at radius 2 is 1.76 bits per heavy atom. The zero-order chi connectivity index (χ0) is 12.0. The Morgan fingerprint density at radius 3 is 2.24 bits per heavy atom. The van der Waals surface area contributed by atoms with Crippen LogP contribution in [0.4, 0.5) is 0 Å². The highest BCUT2D eigenvalue weighted by Crippen LogP contribution is 2.11. The number of hydrogen-bond acceptors (Lipinski definition) is 1. The van der Waals surface area contributed by atoms with Crippen LogP contribution in [0.3, 0.4) is 0 Å². The van der Waals surface area contributed by atoms with E-state index in [0.717, 1.165) is 17.6 Å². The molecule has 0 fully saturated rings. The topological polar surface area (TPSA) is 41.6 Å². The molecular weight excluding hydrogens is 393 g/mol. The lowest BCUT2D eigenvalue weighted by Gasteiger charge is -2.19. The smallest absolute Gasteiger partial charge is 0.191 e. The van der Waals surface area contributed by atoms with Gasteiger partial charge in [-0.3, -0.25) is 0 Å². The predicted octanol–water partition coefficient (Wildman–Crippen LogP) is 3.22. The molecular formula is C12H19BrIN3. The van der Waals surface area contributed by atoms with E-state index < -0.39 is 0 Å². The van der Waals surface area contributed by atoms with Gasteiger partial charge in [0.1, 0.15) is 0 Å². The van der Waals surface area contributed by atoms with Crippen LogP contribution < -0.4 is 5.73 Å². The summed E-state index contributed by atoms with van der Waals surface area (Å²) in [6, 6.07) is 8.11. The van der Waals surface area contributed by atoms with Crippen LogP contribution in [0.2, 0.25) is 0 Å². The molecule has 0 aliphatic rings. The third-order valence-electron chi connectivity index (χ3n) is 2.42. The minimum atomic E-state index is 0. The lowest BCUT2D eigenvalue weighted by atomic mass is 10.2. The second-order valence-electron chi connectivity index (χ2n) is 3.47. The molecule has 0 aliphatic heterocycles. The maximum absolute atomic E-state index is 5.88. The first kappa shape index (κ1) is 16.7. The summed E-state index contributed by atoms with van der Waals surface area (Å²) in [5.41, 5.74) is 7.05. The molecule has 0 unspecified atom stereocenters. The molecule has 0 atom stereocenters. The molecule has 0 aromatic heterocycles. The van der Waals surface area contributed by atoms with Crippen LogP contribution in [0.15, 0.2) is 33.7 Å². The molecule has 0 spiro atoms. The minimum Gasteiger partial charge on any atom is -0.370 e. The molecule has 0 saturated carbocycles. The van der Waals surface area contributed by atoms with Gasteiger partial charge in [-0.25, -0.2) is 4.99 Å². The van der Waals surface area contributed by atoms with Crippen LogP contribution in [0.25, 0.3) is 0 Å². The lowest BCUT2D eigenvalue weighted by molar-refractivity contribution is 0.458. The van der Waals surface area contributed by atoms with Crippen molar-refractivity contribution in [2.45, 2.75) is 20.4 Å². The van der Waals surface area contributed by atoms with E-state index in [-0.39, 0.29) is 24.0 Å². The number of benzene rings is 1. The number of nitrogens with zero attached hydrogens (tertiary/aromatic N) is 2. The van der Waals surface area contributed by atoms with Crippen molar-refractivity contribution < 1.29 is 0 Å². The van der Waals surface area contributed by atoms with Crippen molar-refractivity contribution in [3.8, 4) is 0 Å². The Hall–Kier alpha value is -0.300. The molecule has 2 N–H and O–H groups in total. The monoisotopic (exact) mass is 411 g/mol. The number of guanidine groups is 1. The molecule has 96 valence electrons. The van der Waals surface area contributed by atoms with Gasteiger partial charge >= 0.3 is 0 Å². The molecule has 0 bridgehead atoms. The van der Waals surface area contributed by atoms with E-state index in [4.69, 9.17) is 5.73 Å². The quantitative estimate of drug-likeness (QED) is 0.469. The van der Waals surface area contributed by atoms with Gasteiger partial charge in [-0.15, -0.1) is 24.0 Å². The van der Waals surface area contributed by atoms with Gasteiger partial charge in [-0.05, 0) is 31.5 Å². The average molecular weight is 412 g/mol. The van der Waals surface area contributed by atoms with E-state index in [1.165, 1.54) is 5.56 Å². The zero-order valence-corrected chi connectivity index (χ0v) is 14.1. The van der Waals surface area contributed by atoms with Crippen LogP contribution in [0.5, 0.6) is 0 Å². The fourth-order valence-corrected chi connectivity index (χ4v) is 1.67. The summed E-state index contributed by atoms with van der Waals surface area (Å²) in [5, 5.41) is 0. The van der Waals surface area contributed by atoms with Gasteiger partial charge in [0, 0.05) is 17.6 Å². The first-order valence-corrected chi connectivity index (χ1v) is 6.26. The van der Waals surface area contributed by atoms with Crippen LogP contribution in [0, 0.1) is 0 Å². The van der Waals surface area contributed by atoms with Gasteiger partial charge in [0.25, 0.3) is 0 Å². The third-order valence-corrected chi connectivity index (χ3v) is 2.95. The fraction of sp³-hybridized carbons (Fsp3) is 0.417. The first-order chi connectivity index (χ1) is 7.67. The van der Waals surface area contributed by atoms with Gasteiger partial charge in [-0.1, -0.05) is 28.1 Å². The number of rotatable bonds is 4.